The number of imide groups is 1. The molecule has 2 aliphatic heterocycles. The number of likely N-dealkylation sites (tertiary alicyclic amines) is 2. The molecule has 6 atom stereocenters. The molecule has 3 aliphatic carbocycles. The molecule has 7 heteroatoms. The van der Waals surface area contributed by atoms with Crippen molar-refractivity contribution in [2.75, 3.05) is 13.1 Å². The Hall–Kier alpha value is -5.92. The van der Waals surface area contributed by atoms with Crippen LogP contribution < -0.4 is 0 Å². The number of hydrogen-bond donors (Lipinski definition) is 1. The number of carbonyl (C=O) groups excluding carboxylic acids is 4. The molecule has 0 bridgehead atoms. The Labute approximate surface area is 332 Å². The molecule has 2 amide bonds. The summed E-state index contributed by atoms with van der Waals surface area (Å²) in [5.41, 5.74) is 2.98. The highest BCUT2D eigenvalue weighted by molar-refractivity contribution is 6.31. The van der Waals surface area contributed by atoms with E-state index in [0.717, 1.165) is 30.6 Å². The van der Waals surface area contributed by atoms with Gasteiger partial charge in [-0.1, -0.05) is 139 Å². The number of rotatable bonds is 6. The molecule has 0 spiro atoms. The molecular weight excluding hydrogens is 709 g/mol. The van der Waals surface area contributed by atoms with Crippen molar-refractivity contribution in [1.82, 2.24) is 9.80 Å². The maximum absolute atomic E-state index is 15.4. The Morgan fingerprint density at radius 3 is 2.11 bits per heavy atom. The van der Waals surface area contributed by atoms with E-state index in [9.17, 15) is 14.7 Å². The lowest BCUT2D eigenvalue weighted by atomic mass is 9.44. The molecule has 0 aromatic heterocycles. The predicted molar refractivity (Wildman–Crippen MR) is 219 cm³/mol. The number of ketones is 2. The summed E-state index contributed by atoms with van der Waals surface area (Å²) in [6.07, 6.45) is 5.62. The van der Waals surface area contributed by atoms with Crippen molar-refractivity contribution < 1.29 is 24.3 Å². The highest BCUT2D eigenvalue weighted by Gasteiger charge is 2.66. The Morgan fingerprint density at radius 1 is 0.702 bits per heavy atom. The second-order valence-corrected chi connectivity index (χ2v) is 16.6. The summed E-state index contributed by atoms with van der Waals surface area (Å²) < 4.78 is 0. The molecule has 2 heterocycles. The molecule has 0 radical (unpaired) electrons. The van der Waals surface area contributed by atoms with Crippen molar-refractivity contribution in [1.29, 1.82) is 0 Å². The number of benzene rings is 5. The van der Waals surface area contributed by atoms with Crippen LogP contribution in [0.4, 0.5) is 0 Å². The molecule has 5 aliphatic rings. The molecule has 5 aromatic carbocycles. The third kappa shape index (κ3) is 5.50. The van der Waals surface area contributed by atoms with Crippen molar-refractivity contribution in [3.63, 3.8) is 0 Å². The molecule has 57 heavy (non-hydrogen) atoms. The van der Waals surface area contributed by atoms with Crippen LogP contribution in [0.15, 0.2) is 145 Å². The van der Waals surface area contributed by atoms with Crippen LogP contribution in [0.25, 0.3) is 16.3 Å². The fourth-order valence-electron chi connectivity index (χ4n) is 11.3. The van der Waals surface area contributed by atoms with Gasteiger partial charge in [0.05, 0.1) is 17.3 Å². The molecule has 1 saturated carbocycles. The minimum absolute atomic E-state index is 0.0617. The molecule has 1 N–H and O–H groups in total. The van der Waals surface area contributed by atoms with Crippen LogP contribution in [-0.2, 0) is 31.1 Å². The Bertz CT molecular complexity index is 2490. The van der Waals surface area contributed by atoms with Crippen LogP contribution in [0.5, 0.6) is 5.75 Å². The molecule has 0 unspecified atom stereocenters. The van der Waals surface area contributed by atoms with E-state index in [2.05, 4.69) is 23.1 Å². The molecule has 284 valence electrons. The number of Topliss-reactive ketones (excluding diaryl/α,β-unsaturated/α-hetero) is 1. The number of nitrogens with zero attached hydrogens (tertiary/aromatic N) is 2. The van der Waals surface area contributed by atoms with Crippen LogP contribution in [0.3, 0.4) is 0 Å². The molecular formula is C50H44N2O5. The van der Waals surface area contributed by atoms with Gasteiger partial charge in [0.2, 0.25) is 11.8 Å². The van der Waals surface area contributed by atoms with E-state index in [1.54, 1.807) is 4.90 Å². The number of amides is 2. The average Bonchev–Trinajstić information content (AvgIpc) is 3.51. The molecule has 5 aromatic rings. The highest BCUT2D eigenvalue weighted by atomic mass is 16.3. The second-order valence-electron chi connectivity index (χ2n) is 16.6. The summed E-state index contributed by atoms with van der Waals surface area (Å²) in [5, 5.41) is 13.8. The second kappa shape index (κ2) is 13.9. The van der Waals surface area contributed by atoms with Crippen LogP contribution in [0.2, 0.25) is 0 Å². The van der Waals surface area contributed by atoms with Gasteiger partial charge in [-0.15, -0.1) is 0 Å². The van der Waals surface area contributed by atoms with Crippen molar-refractivity contribution in [2.24, 2.45) is 23.7 Å². The van der Waals surface area contributed by atoms with Crippen LogP contribution in [0, 0.1) is 23.7 Å². The summed E-state index contributed by atoms with van der Waals surface area (Å²) in [4.78, 5) is 64.0. The van der Waals surface area contributed by atoms with Gasteiger partial charge in [0.25, 0.3) is 0 Å². The number of phenolic OH excluding ortho intramolecular Hbond substituents is 1. The number of allylic oxidation sites excluding steroid dienone is 4. The predicted octanol–water partition coefficient (Wildman–Crippen LogP) is 8.03. The van der Waals surface area contributed by atoms with Gasteiger partial charge in [0.1, 0.15) is 5.75 Å². The summed E-state index contributed by atoms with van der Waals surface area (Å²) in [7, 11) is 0. The highest BCUT2D eigenvalue weighted by Crippen LogP contribution is 2.65. The summed E-state index contributed by atoms with van der Waals surface area (Å²) in [6.45, 7) is 2.40. The zero-order valence-corrected chi connectivity index (χ0v) is 31.7. The Morgan fingerprint density at radius 2 is 1.37 bits per heavy atom. The van der Waals surface area contributed by atoms with Gasteiger partial charge in [-0.05, 0) is 59.8 Å². The summed E-state index contributed by atoms with van der Waals surface area (Å²) in [5.74, 6) is -3.88. The van der Waals surface area contributed by atoms with Crippen LogP contribution in [0.1, 0.15) is 53.9 Å². The first-order chi connectivity index (χ1) is 27.9. The normalized spacial score (nSPS) is 27.8. The number of phenols is 1. The van der Waals surface area contributed by atoms with Crippen molar-refractivity contribution in [3.8, 4) is 5.75 Å². The van der Waals surface area contributed by atoms with E-state index in [1.165, 1.54) is 11.6 Å². The third-order valence-corrected chi connectivity index (χ3v) is 13.8. The standard InChI is InChI=1S/C50H44N2O5/c53-43-29-40(32-14-6-2-7-15-32)47(55)42-28-41-37(45(50(42,43)34-17-8-3-9-18-34)39-21-20-33-16-10-11-19-36(33)46(39)54)22-23-38-44(41)49(57)52(48(38)56)35-24-26-51(27-25-35)30-31-12-4-1-5-13-31/h1-22,29,35,38,41-42,44-45,54H,23-28,30H2/t38-,41+,42-,44-,45+,50-/m0/s1. The summed E-state index contributed by atoms with van der Waals surface area (Å²) >= 11 is 0. The maximum atomic E-state index is 15.4. The van der Waals surface area contributed by atoms with Crippen molar-refractivity contribution >= 4 is 39.7 Å². The average molecular weight is 753 g/mol. The van der Waals surface area contributed by atoms with E-state index in [4.69, 9.17) is 0 Å². The number of aromatic hydroxyl groups is 1. The van der Waals surface area contributed by atoms with Crippen LogP contribution >= 0.6 is 0 Å². The first-order valence-electron chi connectivity index (χ1n) is 20.3. The topological polar surface area (TPSA) is 95.0 Å². The van der Waals surface area contributed by atoms with Gasteiger partial charge >= 0.3 is 0 Å². The quantitative estimate of drug-likeness (QED) is 0.140. The molecule has 7 nitrogen and oxygen atoms in total. The van der Waals surface area contributed by atoms with E-state index < -0.39 is 35.0 Å². The SMILES string of the molecule is O=C1C(c2ccccc2)=CC(=O)[C@@]2(c3ccccc3)[C@@H](c3ccc4ccccc4c3O)C3=CC[C@@H]4C(=O)N(C5CCN(Cc6ccccc6)CC5)C(=O)[C@@H]4[C@@H]3C[C@@H]12. The third-order valence-electron chi connectivity index (χ3n) is 13.8. The van der Waals surface area contributed by atoms with E-state index in [-0.39, 0.29) is 41.6 Å². The maximum Gasteiger partial charge on any atom is 0.233 e. The number of carbonyl (C=O) groups is 4. The van der Waals surface area contributed by atoms with Gasteiger partial charge in [-0.2, -0.15) is 0 Å². The minimum Gasteiger partial charge on any atom is -0.507 e. The zero-order valence-electron chi connectivity index (χ0n) is 31.7. The van der Waals surface area contributed by atoms with Crippen molar-refractivity contribution in [3.05, 3.63) is 167 Å². The zero-order chi connectivity index (χ0) is 38.8. The largest absolute Gasteiger partial charge is 0.507 e. The fraction of sp³-hybridized carbons (Fsp3) is 0.280. The first-order valence-corrected chi connectivity index (χ1v) is 20.3. The van der Waals surface area contributed by atoms with E-state index in [1.807, 2.05) is 115 Å². The Kier molecular flexibility index (Phi) is 8.67. The first kappa shape index (κ1) is 35.5. The number of fused-ring (bicyclic) bond motifs is 5. The molecule has 3 fully saturated rings. The minimum atomic E-state index is -1.40. The van der Waals surface area contributed by atoms with Gasteiger partial charge in [-0.25, -0.2) is 0 Å². The van der Waals surface area contributed by atoms with E-state index in [0.29, 0.717) is 46.9 Å². The lowest BCUT2D eigenvalue weighted by Crippen LogP contribution is -2.59. The van der Waals surface area contributed by atoms with Gasteiger partial charge in [-0.3, -0.25) is 29.0 Å². The molecule has 10 rings (SSSR count). The van der Waals surface area contributed by atoms with Gasteiger partial charge < -0.3 is 5.11 Å². The fourth-order valence-corrected chi connectivity index (χ4v) is 11.3. The summed E-state index contributed by atoms with van der Waals surface area (Å²) in [6, 6.07) is 40.5. The lowest BCUT2D eigenvalue weighted by molar-refractivity contribution is -0.144. The van der Waals surface area contributed by atoms with Gasteiger partial charge in [0, 0.05) is 54.0 Å². The monoisotopic (exact) mass is 752 g/mol. The molecule has 2 saturated heterocycles. The number of piperidine rings is 1. The van der Waals surface area contributed by atoms with E-state index >= 15 is 9.59 Å². The van der Waals surface area contributed by atoms with Crippen LogP contribution in [-0.4, -0.2) is 57.4 Å². The Balaban J connectivity index is 1.09. The van der Waals surface area contributed by atoms with Gasteiger partial charge in [0.15, 0.2) is 11.6 Å². The lowest BCUT2D eigenvalue weighted by Gasteiger charge is -2.55. The number of hydrogen-bond acceptors (Lipinski definition) is 6. The van der Waals surface area contributed by atoms with Crippen molar-refractivity contribution in [2.45, 2.75) is 49.6 Å². The smallest absolute Gasteiger partial charge is 0.233 e.